The summed E-state index contributed by atoms with van der Waals surface area (Å²) in [7, 11) is 6.02. The number of nitrogens with one attached hydrogen (secondary N) is 1. The van der Waals surface area contributed by atoms with Gasteiger partial charge in [-0.2, -0.15) is 0 Å². The molecular formula is C10H18N4. The van der Waals surface area contributed by atoms with E-state index in [1.165, 1.54) is 0 Å². The molecule has 0 atom stereocenters. The van der Waals surface area contributed by atoms with Crippen molar-refractivity contribution in [3.05, 3.63) is 23.8 Å². The average Bonchev–Trinajstić information content (AvgIpc) is 2.17. The molecule has 1 aromatic rings. The van der Waals surface area contributed by atoms with Gasteiger partial charge in [0.2, 0.25) is 0 Å². The summed E-state index contributed by atoms with van der Waals surface area (Å²) in [6.07, 6.45) is 4.68. The van der Waals surface area contributed by atoms with Crippen LogP contribution in [-0.4, -0.2) is 42.6 Å². The zero-order valence-corrected chi connectivity index (χ0v) is 9.12. The molecule has 0 bridgehead atoms. The Morgan fingerprint density at radius 3 is 2.43 bits per heavy atom. The molecule has 4 heteroatoms. The first-order valence-electron chi connectivity index (χ1n) is 4.81. The van der Waals surface area contributed by atoms with Gasteiger partial charge in [0.25, 0.3) is 0 Å². The molecule has 0 radical (unpaired) electrons. The van der Waals surface area contributed by atoms with Gasteiger partial charge in [-0.1, -0.05) is 0 Å². The van der Waals surface area contributed by atoms with E-state index in [-0.39, 0.29) is 0 Å². The quantitative estimate of drug-likeness (QED) is 0.732. The van der Waals surface area contributed by atoms with E-state index in [0.717, 1.165) is 30.9 Å². The van der Waals surface area contributed by atoms with Gasteiger partial charge in [0.1, 0.15) is 5.82 Å². The lowest BCUT2D eigenvalue weighted by atomic mass is 10.3. The summed E-state index contributed by atoms with van der Waals surface area (Å²) < 4.78 is 0. The molecule has 0 saturated carbocycles. The highest BCUT2D eigenvalue weighted by Crippen LogP contribution is 1.96. The SMILES string of the molecule is CNCc1cnc(CCN(C)C)nc1. The Bertz CT molecular complexity index is 255. The van der Waals surface area contributed by atoms with E-state index in [0.29, 0.717) is 0 Å². The fraction of sp³-hybridized carbons (Fsp3) is 0.600. The Morgan fingerprint density at radius 2 is 1.93 bits per heavy atom. The first-order chi connectivity index (χ1) is 6.72. The van der Waals surface area contributed by atoms with Crippen LogP contribution in [-0.2, 0) is 13.0 Å². The zero-order chi connectivity index (χ0) is 10.4. The molecule has 4 nitrogen and oxygen atoms in total. The van der Waals surface area contributed by atoms with E-state index in [9.17, 15) is 0 Å². The largest absolute Gasteiger partial charge is 0.316 e. The molecule has 1 rings (SSSR count). The van der Waals surface area contributed by atoms with E-state index >= 15 is 0 Å². The van der Waals surface area contributed by atoms with E-state index in [1.807, 2.05) is 19.4 Å². The van der Waals surface area contributed by atoms with Crippen LogP contribution in [0.15, 0.2) is 12.4 Å². The van der Waals surface area contributed by atoms with Crippen molar-refractivity contribution in [3.8, 4) is 0 Å². The molecule has 0 amide bonds. The second kappa shape index (κ2) is 5.67. The van der Waals surface area contributed by atoms with Crippen LogP contribution in [0, 0.1) is 0 Å². The number of rotatable bonds is 5. The Balaban J connectivity index is 2.46. The monoisotopic (exact) mass is 194 g/mol. The van der Waals surface area contributed by atoms with Gasteiger partial charge in [0.05, 0.1) is 0 Å². The summed E-state index contributed by atoms with van der Waals surface area (Å²) in [5, 5.41) is 3.07. The van der Waals surface area contributed by atoms with E-state index in [4.69, 9.17) is 0 Å². The Morgan fingerprint density at radius 1 is 1.29 bits per heavy atom. The number of aromatic nitrogens is 2. The van der Waals surface area contributed by atoms with Gasteiger partial charge in [0, 0.05) is 37.5 Å². The van der Waals surface area contributed by atoms with Crippen LogP contribution < -0.4 is 5.32 Å². The van der Waals surface area contributed by atoms with Gasteiger partial charge in [-0.25, -0.2) is 9.97 Å². The number of nitrogens with zero attached hydrogens (tertiary/aromatic N) is 3. The van der Waals surface area contributed by atoms with Crippen LogP contribution in [0.2, 0.25) is 0 Å². The molecule has 0 saturated heterocycles. The van der Waals surface area contributed by atoms with E-state index in [2.05, 4.69) is 34.3 Å². The first kappa shape index (κ1) is 11.1. The summed E-state index contributed by atoms with van der Waals surface area (Å²) in [6, 6.07) is 0. The number of hydrogen-bond donors (Lipinski definition) is 1. The van der Waals surface area contributed by atoms with Crippen molar-refractivity contribution in [2.24, 2.45) is 0 Å². The highest BCUT2D eigenvalue weighted by molar-refractivity contribution is 5.04. The maximum Gasteiger partial charge on any atom is 0.129 e. The highest BCUT2D eigenvalue weighted by atomic mass is 15.1. The van der Waals surface area contributed by atoms with Crippen molar-refractivity contribution < 1.29 is 0 Å². The lowest BCUT2D eigenvalue weighted by molar-refractivity contribution is 0.409. The third-order valence-corrected chi connectivity index (χ3v) is 1.92. The molecule has 1 heterocycles. The third kappa shape index (κ3) is 3.81. The van der Waals surface area contributed by atoms with Gasteiger partial charge in [-0.15, -0.1) is 0 Å². The smallest absolute Gasteiger partial charge is 0.129 e. The topological polar surface area (TPSA) is 41.1 Å². The molecule has 78 valence electrons. The molecule has 0 aliphatic carbocycles. The predicted octanol–water partition coefficient (Wildman–Crippen LogP) is 0.300. The molecule has 0 aromatic carbocycles. The van der Waals surface area contributed by atoms with Crippen molar-refractivity contribution in [1.82, 2.24) is 20.2 Å². The van der Waals surface area contributed by atoms with Crippen molar-refractivity contribution in [1.29, 1.82) is 0 Å². The predicted molar refractivity (Wildman–Crippen MR) is 57.1 cm³/mol. The summed E-state index contributed by atoms with van der Waals surface area (Å²) in [5.41, 5.74) is 1.13. The van der Waals surface area contributed by atoms with Crippen molar-refractivity contribution in [2.45, 2.75) is 13.0 Å². The van der Waals surface area contributed by atoms with Gasteiger partial charge in [-0.05, 0) is 21.1 Å². The third-order valence-electron chi connectivity index (χ3n) is 1.92. The highest BCUT2D eigenvalue weighted by Gasteiger charge is 1.98. The molecule has 0 unspecified atom stereocenters. The maximum absolute atomic E-state index is 4.29. The van der Waals surface area contributed by atoms with E-state index in [1.54, 1.807) is 0 Å². The molecule has 1 aromatic heterocycles. The molecule has 0 aliphatic heterocycles. The van der Waals surface area contributed by atoms with Gasteiger partial charge >= 0.3 is 0 Å². The Hall–Kier alpha value is -1.00. The minimum Gasteiger partial charge on any atom is -0.316 e. The van der Waals surface area contributed by atoms with Crippen molar-refractivity contribution in [2.75, 3.05) is 27.7 Å². The van der Waals surface area contributed by atoms with Gasteiger partial charge < -0.3 is 10.2 Å². The summed E-state index contributed by atoms with van der Waals surface area (Å²) in [5.74, 6) is 0.915. The van der Waals surface area contributed by atoms with Crippen molar-refractivity contribution in [3.63, 3.8) is 0 Å². The maximum atomic E-state index is 4.29. The molecule has 14 heavy (non-hydrogen) atoms. The van der Waals surface area contributed by atoms with E-state index < -0.39 is 0 Å². The lowest BCUT2D eigenvalue weighted by Crippen LogP contribution is -2.16. The zero-order valence-electron chi connectivity index (χ0n) is 9.12. The van der Waals surface area contributed by atoms with Gasteiger partial charge in [-0.3, -0.25) is 0 Å². The van der Waals surface area contributed by atoms with Crippen molar-refractivity contribution >= 4 is 0 Å². The summed E-state index contributed by atoms with van der Waals surface area (Å²) in [6.45, 7) is 1.82. The van der Waals surface area contributed by atoms with Crippen LogP contribution in [0.3, 0.4) is 0 Å². The Kier molecular flexibility index (Phi) is 4.49. The molecular weight excluding hydrogens is 176 g/mol. The van der Waals surface area contributed by atoms with Gasteiger partial charge in [0.15, 0.2) is 0 Å². The lowest BCUT2D eigenvalue weighted by Gasteiger charge is -2.08. The van der Waals surface area contributed by atoms with Crippen LogP contribution >= 0.6 is 0 Å². The normalized spacial score (nSPS) is 10.9. The minimum atomic E-state index is 0.827. The van der Waals surface area contributed by atoms with Crippen LogP contribution in [0.4, 0.5) is 0 Å². The minimum absolute atomic E-state index is 0.827. The Labute approximate surface area is 85.4 Å². The second-order valence-corrected chi connectivity index (χ2v) is 3.59. The summed E-state index contributed by atoms with van der Waals surface area (Å²) in [4.78, 5) is 10.7. The standard InChI is InChI=1S/C10H18N4/c1-11-6-9-7-12-10(13-8-9)4-5-14(2)3/h7-8,11H,4-6H2,1-3H3. The molecule has 1 N–H and O–H groups in total. The average molecular weight is 194 g/mol. The summed E-state index contributed by atoms with van der Waals surface area (Å²) >= 11 is 0. The number of hydrogen-bond acceptors (Lipinski definition) is 4. The molecule has 0 fully saturated rings. The van der Waals surface area contributed by atoms with Crippen LogP contribution in [0.5, 0.6) is 0 Å². The first-order valence-corrected chi connectivity index (χ1v) is 4.81. The molecule has 0 spiro atoms. The fourth-order valence-corrected chi connectivity index (χ4v) is 1.13. The van der Waals surface area contributed by atoms with Crippen LogP contribution in [0.25, 0.3) is 0 Å². The molecule has 0 aliphatic rings. The number of likely N-dealkylation sites (N-methyl/N-ethyl adjacent to an activating group) is 1. The second-order valence-electron chi connectivity index (χ2n) is 3.59. The fourth-order valence-electron chi connectivity index (χ4n) is 1.13. The van der Waals surface area contributed by atoms with Crippen LogP contribution in [0.1, 0.15) is 11.4 Å².